The van der Waals surface area contributed by atoms with Gasteiger partial charge in [0.2, 0.25) is 0 Å². The Morgan fingerprint density at radius 3 is 2.71 bits per heavy atom. The number of rotatable bonds is 3. The van der Waals surface area contributed by atoms with E-state index in [1.54, 1.807) is 4.90 Å². The van der Waals surface area contributed by atoms with E-state index in [-0.39, 0.29) is 12.5 Å². The molecule has 0 radical (unpaired) electrons. The highest BCUT2D eigenvalue weighted by molar-refractivity contribution is 14.1. The second-order valence-electron chi connectivity index (χ2n) is 4.94. The van der Waals surface area contributed by atoms with Crippen LogP contribution >= 0.6 is 38.5 Å². The Kier molecular flexibility index (Phi) is 6.00. The zero-order valence-corrected chi connectivity index (χ0v) is 15.1. The van der Waals surface area contributed by atoms with Gasteiger partial charge in [-0.15, -0.1) is 0 Å². The first-order valence-electron chi connectivity index (χ1n) is 6.66. The lowest BCUT2D eigenvalue weighted by molar-refractivity contribution is -0.138. The molecule has 5 nitrogen and oxygen atoms in total. The average Bonchev–Trinajstić information content (AvgIpc) is 2.66. The summed E-state index contributed by atoms with van der Waals surface area (Å²) in [4.78, 5) is 27.1. The molecule has 1 fully saturated rings. The lowest BCUT2D eigenvalue weighted by Crippen LogP contribution is -2.36. The van der Waals surface area contributed by atoms with Crippen LogP contribution in [0.25, 0.3) is 0 Å². The van der Waals surface area contributed by atoms with Crippen molar-refractivity contribution in [3.8, 4) is 0 Å². The van der Waals surface area contributed by atoms with Gasteiger partial charge in [0.1, 0.15) is 0 Å². The van der Waals surface area contributed by atoms with Gasteiger partial charge in [-0.1, -0.05) is 0 Å². The molecule has 0 atom stereocenters. The monoisotopic (exact) mass is 466 g/mol. The quantitative estimate of drug-likeness (QED) is 0.694. The number of benzene rings is 1. The van der Waals surface area contributed by atoms with Crippen molar-refractivity contribution >= 4 is 50.4 Å². The summed E-state index contributed by atoms with van der Waals surface area (Å²) in [5.74, 6) is -0.826. The molecule has 1 amide bonds. The minimum absolute atomic E-state index is 0.00225. The summed E-state index contributed by atoms with van der Waals surface area (Å²) in [6.07, 6.45) is 0.792. The van der Waals surface area contributed by atoms with Crippen LogP contribution in [0.1, 0.15) is 16.8 Å². The first kappa shape index (κ1) is 16.7. The van der Waals surface area contributed by atoms with Crippen LogP contribution in [0, 0.1) is 3.57 Å². The van der Waals surface area contributed by atoms with E-state index in [1.165, 1.54) is 0 Å². The van der Waals surface area contributed by atoms with E-state index in [0.717, 1.165) is 14.5 Å². The summed E-state index contributed by atoms with van der Waals surface area (Å²) in [6.45, 7) is 2.56. The van der Waals surface area contributed by atoms with Gasteiger partial charge < -0.3 is 10.0 Å². The number of hydrogen-bond acceptors (Lipinski definition) is 3. The highest BCUT2D eigenvalue weighted by Crippen LogP contribution is 2.21. The third-order valence-electron chi connectivity index (χ3n) is 3.39. The van der Waals surface area contributed by atoms with Crippen molar-refractivity contribution in [3.63, 3.8) is 0 Å². The lowest BCUT2D eigenvalue weighted by atomic mass is 10.2. The molecule has 1 aliphatic rings. The van der Waals surface area contributed by atoms with Crippen molar-refractivity contribution in [2.45, 2.75) is 6.42 Å². The Hall–Kier alpha value is -0.670. The van der Waals surface area contributed by atoms with Gasteiger partial charge in [-0.2, -0.15) is 0 Å². The standard InChI is InChI=1S/C14H16BrIN2O3/c15-12-3-2-10(16)8-11(12)14(21)18-5-1-4-17(6-7-18)9-13(19)20/h2-3,8H,1,4-7,9H2,(H,19,20). The molecule has 0 saturated carbocycles. The second-order valence-corrected chi connectivity index (χ2v) is 7.04. The van der Waals surface area contributed by atoms with E-state index in [9.17, 15) is 9.59 Å². The summed E-state index contributed by atoms with van der Waals surface area (Å²) in [5, 5.41) is 8.85. The molecule has 1 heterocycles. The van der Waals surface area contributed by atoms with Crippen LogP contribution in [0.4, 0.5) is 0 Å². The number of aliphatic carboxylic acids is 1. The number of nitrogens with zero attached hydrogens (tertiary/aromatic N) is 2. The van der Waals surface area contributed by atoms with Crippen LogP contribution in [0.2, 0.25) is 0 Å². The minimum atomic E-state index is -0.824. The molecule has 21 heavy (non-hydrogen) atoms. The van der Waals surface area contributed by atoms with E-state index in [0.29, 0.717) is 31.7 Å². The molecule has 2 rings (SSSR count). The maximum absolute atomic E-state index is 12.6. The Labute approximate surface area is 145 Å². The first-order valence-corrected chi connectivity index (χ1v) is 8.53. The number of amides is 1. The maximum atomic E-state index is 12.6. The molecule has 114 valence electrons. The molecular formula is C14H16BrIN2O3. The van der Waals surface area contributed by atoms with Crippen molar-refractivity contribution in [3.05, 3.63) is 31.8 Å². The minimum Gasteiger partial charge on any atom is -0.480 e. The van der Waals surface area contributed by atoms with E-state index in [4.69, 9.17) is 5.11 Å². The number of carboxylic acids is 1. The molecule has 1 aliphatic heterocycles. The Morgan fingerprint density at radius 2 is 2.00 bits per heavy atom. The van der Waals surface area contributed by atoms with Crippen LogP contribution in [0.3, 0.4) is 0 Å². The van der Waals surface area contributed by atoms with Gasteiger partial charge in [0.05, 0.1) is 12.1 Å². The van der Waals surface area contributed by atoms with Gasteiger partial charge in [-0.25, -0.2) is 0 Å². The summed E-state index contributed by atoms with van der Waals surface area (Å²) < 4.78 is 1.81. The zero-order valence-electron chi connectivity index (χ0n) is 11.4. The fraction of sp³-hybridized carbons (Fsp3) is 0.429. The van der Waals surface area contributed by atoms with E-state index < -0.39 is 5.97 Å². The first-order chi connectivity index (χ1) is 9.97. The van der Waals surface area contributed by atoms with Crippen LogP contribution in [-0.2, 0) is 4.79 Å². The third-order valence-corrected chi connectivity index (χ3v) is 4.76. The van der Waals surface area contributed by atoms with Gasteiger partial charge in [0.25, 0.3) is 5.91 Å². The molecule has 0 spiro atoms. The summed E-state index contributed by atoms with van der Waals surface area (Å²) in [7, 11) is 0. The predicted molar refractivity (Wildman–Crippen MR) is 91.5 cm³/mol. The number of halogens is 2. The molecular weight excluding hydrogens is 451 g/mol. The Bertz CT molecular complexity index is 553. The van der Waals surface area contributed by atoms with Crippen molar-refractivity contribution in [1.82, 2.24) is 9.80 Å². The van der Waals surface area contributed by atoms with E-state index in [2.05, 4.69) is 38.5 Å². The van der Waals surface area contributed by atoms with Crippen molar-refractivity contribution in [2.75, 3.05) is 32.7 Å². The fourth-order valence-electron chi connectivity index (χ4n) is 2.36. The average molecular weight is 467 g/mol. The van der Waals surface area contributed by atoms with Gasteiger partial charge in [-0.05, 0) is 63.1 Å². The van der Waals surface area contributed by atoms with Crippen LogP contribution in [-0.4, -0.2) is 59.5 Å². The molecule has 1 saturated heterocycles. The molecule has 0 bridgehead atoms. The second kappa shape index (κ2) is 7.55. The number of carbonyl (C=O) groups excluding carboxylic acids is 1. The molecule has 1 aromatic rings. The topological polar surface area (TPSA) is 60.9 Å². The van der Waals surface area contributed by atoms with Gasteiger partial charge >= 0.3 is 5.97 Å². The smallest absolute Gasteiger partial charge is 0.317 e. The fourth-order valence-corrected chi connectivity index (χ4v) is 3.26. The van der Waals surface area contributed by atoms with Crippen molar-refractivity contribution in [1.29, 1.82) is 0 Å². The maximum Gasteiger partial charge on any atom is 0.317 e. The Morgan fingerprint density at radius 1 is 1.24 bits per heavy atom. The normalized spacial score (nSPS) is 16.6. The van der Waals surface area contributed by atoms with Gasteiger partial charge in [-0.3, -0.25) is 14.5 Å². The predicted octanol–water partition coefficient (Wildman–Crippen LogP) is 2.29. The van der Waals surface area contributed by atoms with Gasteiger partial charge in [0, 0.05) is 34.2 Å². The molecule has 7 heteroatoms. The van der Waals surface area contributed by atoms with Crippen molar-refractivity contribution < 1.29 is 14.7 Å². The Balaban J connectivity index is 2.06. The number of carbonyl (C=O) groups is 2. The highest BCUT2D eigenvalue weighted by atomic mass is 127. The third kappa shape index (κ3) is 4.65. The summed E-state index contributed by atoms with van der Waals surface area (Å²) in [6, 6.07) is 5.69. The van der Waals surface area contributed by atoms with Gasteiger partial charge in [0.15, 0.2) is 0 Å². The molecule has 1 aromatic carbocycles. The zero-order chi connectivity index (χ0) is 15.4. The lowest BCUT2D eigenvalue weighted by Gasteiger charge is -2.22. The summed E-state index contributed by atoms with van der Waals surface area (Å²) in [5.41, 5.74) is 0.661. The van der Waals surface area contributed by atoms with E-state index >= 15 is 0 Å². The van der Waals surface area contributed by atoms with Crippen LogP contribution in [0.15, 0.2) is 22.7 Å². The highest BCUT2D eigenvalue weighted by Gasteiger charge is 2.22. The molecule has 0 aliphatic carbocycles. The van der Waals surface area contributed by atoms with Crippen LogP contribution < -0.4 is 0 Å². The van der Waals surface area contributed by atoms with Crippen LogP contribution in [0.5, 0.6) is 0 Å². The number of hydrogen-bond donors (Lipinski definition) is 1. The van der Waals surface area contributed by atoms with E-state index in [1.807, 2.05) is 23.1 Å². The largest absolute Gasteiger partial charge is 0.480 e. The molecule has 1 N–H and O–H groups in total. The molecule has 0 unspecified atom stereocenters. The SMILES string of the molecule is O=C(O)CN1CCCN(C(=O)c2cc(I)ccc2Br)CC1. The molecule has 0 aromatic heterocycles. The number of carboxylic acid groups (broad SMARTS) is 1. The summed E-state index contributed by atoms with van der Waals surface area (Å²) >= 11 is 5.61. The van der Waals surface area contributed by atoms with Crippen molar-refractivity contribution in [2.24, 2.45) is 0 Å².